The van der Waals surface area contributed by atoms with Crippen molar-refractivity contribution < 1.29 is 9.53 Å². The fourth-order valence-electron chi connectivity index (χ4n) is 1.47. The molecule has 0 spiro atoms. The first kappa shape index (κ1) is 10.5. The van der Waals surface area contributed by atoms with E-state index < -0.39 is 8.07 Å². The minimum Gasteiger partial charge on any atom is -0.459 e. The van der Waals surface area contributed by atoms with Crippen LogP contribution < -0.4 is 0 Å². The van der Waals surface area contributed by atoms with Crippen LogP contribution in [0, 0.1) is 0 Å². The third-order valence-electron chi connectivity index (χ3n) is 2.05. The molecule has 0 amide bonds. The monoisotopic (exact) mass is 198 g/mol. The summed E-state index contributed by atoms with van der Waals surface area (Å²) in [4.78, 5) is 11.4. The Hall–Kier alpha value is -0.573. The second-order valence-corrected chi connectivity index (χ2v) is 9.70. The molecule has 0 aromatic heterocycles. The first-order valence-electron chi connectivity index (χ1n) is 4.85. The summed E-state index contributed by atoms with van der Waals surface area (Å²) in [5, 5.41) is 0. The van der Waals surface area contributed by atoms with Gasteiger partial charge in [0.15, 0.2) is 0 Å². The number of esters is 1. The summed E-state index contributed by atoms with van der Waals surface area (Å²) in [5.74, 6) is -0.0886. The molecule has 0 aromatic rings. The zero-order chi connectivity index (χ0) is 10.1. The van der Waals surface area contributed by atoms with Gasteiger partial charge in [0.25, 0.3) is 0 Å². The fraction of sp³-hybridized carbons (Fsp3) is 0.700. The summed E-state index contributed by atoms with van der Waals surface area (Å²) < 4.78 is 5.18. The zero-order valence-corrected chi connectivity index (χ0v) is 9.89. The molecule has 0 radical (unpaired) electrons. The normalized spacial score (nSPS) is 26.6. The summed E-state index contributed by atoms with van der Waals surface area (Å²) in [7, 11) is -1.27. The average Bonchev–Trinajstić information content (AvgIpc) is 2.29. The maximum atomic E-state index is 11.4. The second-order valence-electron chi connectivity index (χ2n) is 4.68. The van der Waals surface area contributed by atoms with E-state index in [-0.39, 0.29) is 12.1 Å². The molecule has 1 saturated heterocycles. The Balaban J connectivity index is 2.73. The van der Waals surface area contributed by atoms with Crippen molar-refractivity contribution in [1.82, 2.24) is 0 Å². The summed E-state index contributed by atoms with van der Waals surface area (Å²) >= 11 is 0. The molecule has 74 valence electrons. The van der Waals surface area contributed by atoms with E-state index >= 15 is 0 Å². The maximum Gasteiger partial charge on any atom is 0.333 e. The van der Waals surface area contributed by atoms with Crippen molar-refractivity contribution in [2.45, 2.75) is 45.5 Å². The lowest BCUT2D eigenvalue weighted by Gasteiger charge is -2.09. The van der Waals surface area contributed by atoms with E-state index in [0.29, 0.717) is 0 Å². The summed E-state index contributed by atoms with van der Waals surface area (Å²) in [6.07, 6.45) is 1.88. The lowest BCUT2D eigenvalue weighted by molar-refractivity contribution is -0.138. The van der Waals surface area contributed by atoms with Crippen LogP contribution in [-0.2, 0) is 9.53 Å². The van der Waals surface area contributed by atoms with E-state index in [2.05, 4.69) is 32.3 Å². The maximum absolute atomic E-state index is 11.4. The van der Waals surface area contributed by atoms with Crippen LogP contribution in [0.2, 0.25) is 19.6 Å². The van der Waals surface area contributed by atoms with Gasteiger partial charge in [-0.2, -0.15) is 0 Å². The number of hydrogen-bond donors (Lipinski definition) is 0. The Morgan fingerprint density at radius 1 is 1.54 bits per heavy atom. The van der Waals surface area contributed by atoms with Crippen molar-refractivity contribution in [3.8, 4) is 0 Å². The molecule has 1 aliphatic heterocycles. The van der Waals surface area contributed by atoms with E-state index in [1.165, 1.54) is 0 Å². The molecule has 1 unspecified atom stereocenters. The molecule has 0 aromatic carbocycles. The van der Waals surface area contributed by atoms with E-state index in [1.54, 1.807) is 0 Å². The Morgan fingerprint density at radius 3 is 2.54 bits per heavy atom. The van der Waals surface area contributed by atoms with Gasteiger partial charge in [-0.15, -0.1) is 0 Å². The summed E-state index contributed by atoms with van der Waals surface area (Å²) in [5.41, 5.74) is 3.07. The predicted octanol–water partition coefficient (Wildman–Crippen LogP) is 2.52. The number of carbonyl (C=O) groups excluding carboxylic acids is 1. The van der Waals surface area contributed by atoms with Crippen LogP contribution in [-0.4, -0.2) is 20.1 Å². The molecular weight excluding hydrogens is 180 g/mol. The number of hydrogen-bond acceptors (Lipinski definition) is 2. The van der Waals surface area contributed by atoms with Crippen LogP contribution in [0.1, 0.15) is 19.8 Å². The predicted molar refractivity (Wildman–Crippen MR) is 56.2 cm³/mol. The molecule has 0 N–H and O–H groups in total. The van der Waals surface area contributed by atoms with Crippen molar-refractivity contribution in [2.75, 3.05) is 0 Å². The van der Waals surface area contributed by atoms with Gasteiger partial charge in [0, 0.05) is 12.0 Å². The minimum atomic E-state index is -1.27. The molecule has 13 heavy (non-hydrogen) atoms. The van der Waals surface area contributed by atoms with Gasteiger partial charge in [0.2, 0.25) is 0 Å². The van der Waals surface area contributed by atoms with Gasteiger partial charge >= 0.3 is 5.97 Å². The van der Waals surface area contributed by atoms with Gasteiger partial charge in [0.05, 0.1) is 8.07 Å². The van der Waals surface area contributed by atoms with Gasteiger partial charge in [-0.3, -0.25) is 0 Å². The molecule has 2 nitrogen and oxygen atoms in total. The first-order chi connectivity index (χ1) is 5.92. The van der Waals surface area contributed by atoms with E-state index in [4.69, 9.17) is 4.74 Å². The summed E-state index contributed by atoms with van der Waals surface area (Å²) in [6.45, 7) is 8.74. The van der Waals surface area contributed by atoms with Crippen LogP contribution >= 0.6 is 0 Å². The number of rotatable bonds is 2. The van der Waals surface area contributed by atoms with E-state index in [9.17, 15) is 4.79 Å². The Labute approximate surface area is 81.0 Å². The SMILES string of the molecule is CCC1CC(=C[Si](C)(C)C)C(=O)O1. The lowest BCUT2D eigenvalue weighted by Crippen LogP contribution is -2.17. The molecule has 0 saturated carbocycles. The Bertz CT molecular complexity index is 238. The average molecular weight is 198 g/mol. The molecule has 1 rings (SSSR count). The molecular formula is C10H18O2Si. The highest BCUT2D eigenvalue weighted by Crippen LogP contribution is 2.24. The smallest absolute Gasteiger partial charge is 0.333 e. The third kappa shape index (κ3) is 2.99. The molecule has 3 heteroatoms. The largest absolute Gasteiger partial charge is 0.459 e. The molecule has 0 aliphatic carbocycles. The first-order valence-corrected chi connectivity index (χ1v) is 8.43. The lowest BCUT2D eigenvalue weighted by atomic mass is 10.1. The molecule has 0 bridgehead atoms. The van der Waals surface area contributed by atoms with Crippen LogP contribution in [0.5, 0.6) is 0 Å². The highest BCUT2D eigenvalue weighted by molar-refractivity contribution is 6.81. The van der Waals surface area contributed by atoms with Gasteiger partial charge < -0.3 is 4.74 Å². The number of ether oxygens (including phenoxy) is 1. The van der Waals surface area contributed by atoms with Crippen molar-refractivity contribution in [1.29, 1.82) is 0 Å². The minimum absolute atomic E-state index is 0.0886. The van der Waals surface area contributed by atoms with Crippen LogP contribution in [0.4, 0.5) is 0 Å². The van der Waals surface area contributed by atoms with Crippen molar-refractivity contribution in [3.63, 3.8) is 0 Å². The summed E-state index contributed by atoms with van der Waals surface area (Å²) in [6, 6.07) is 0. The number of cyclic esters (lactones) is 1. The van der Waals surface area contributed by atoms with Gasteiger partial charge in [-0.05, 0) is 6.42 Å². The van der Waals surface area contributed by atoms with Gasteiger partial charge in [-0.1, -0.05) is 32.3 Å². The van der Waals surface area contributed by atoms with E-state index in [0.717, 1.165) is 18.4 Å². The Morgan fingerprint density at radius 2 is 2.15 bits per heavy atom. The quantitative estimate of drug-likeness (QED) is 0.387. The van der Waals surface area contributed by atoms with Crippen LogP contribution in [0.15, 0.2) is 11.3 Å². The molecule has 1 heterocycles. The topological polar surface area (TPSA) is 26.3 Å². The fourth-order valence-corrected chi connectivity index (χ4v) is 2.75. The van der Waals surface area contributed by atoms with Gasteiger partial charge in [0.1, 0.15) is 6.10 Å². The van der Waals surface area contributed by atoms with Crippen molar-refractivity contribution >= 4 is 14.0 Å². The molecule has 1 fully saturated rings. The molecule has 1 aliphatic rings. The third-order valence-corrected chi connectivity index (χ3v) is 3.26. The van der Waals surface area contributed by atoms with Crippen LogP contribution in [0.3, 0.4) is 0 Å². The second kappa shape index (κ2) is 3.66. The van der Waals surface area contributed by atoms with Crippen LogP contribution in [0.25, 0.3) is 0 Å². The van der Waals surface area contributed by atoms with Crippen molar-refractivity contribution in [2.24, 2.45) is 0 Å². The standard InChI is InChI=1S/C10H18O2Si/c1-5-9-6-8(10(11)12-9)7-13(2,3)4/h7,9H,5-6H2,1-4H3. The van der Waals surface area contributed by atoms with Crippen molar-refractivity contribution in [3.05, 3.63) is 11.3 Å². The zero-order valence-electron chi connectivity index (χ0n) is 8.89. The van der Waals surface area contributed by atoms with Gasteiger partial charge in [-0.25, -0.2) is 4.79 Å². The molecule has 1 atom stereocenters. The van der Waals surface area contributed by atoms with E-state index in [1.807, 2.05) is 0 Å². The highest BCUT2D eigenvalue weighted by atomic mass is 28.3. The number of carbonyl (C=O) groups is 1. The highest BCUT2D eigenvalue weighted by Gasteiger charge is 2.28. The Kier molecular flexibility index (Phi) is 2.96.